The van der Waals surface area contributed by atoms with Gasteiger partial charge in [0.05, 0.1) is 22.7 Å². The number of hydrogen-bond donors (Lipinski definition) is 0. The zero-order chi connectivity index (χ0) is 21.7. The van der Waals surface area contributed by atoms with Gasteiger partial charge < -0.3 is 9.47 Å². The molecule has 30 heavy (non-hydrogen) atoms. The third-order valence-corrected chi connectivity index (χ3v) is 4.78. The Bertz CT molecular complexity index is 1100. The monoisotopic (exact) mass is 424 g/mol. The number of aliphatic imine (C=N–C) groups is 1. The molecule has 0 radical (unpaired) electrons. The van der Waals surface area contributed by atoms with Gasteiger partial charge >= 0.3 is 0 Å². The van der Waals surface area contributed by atoms with Crippen LogP contribution in [0, 0.1) is 24.0 Å². The molecule has 0 heterocycles. The lowest BCUT2D eigenvalue weighted by atomic mass is 10.1. The van der Waals surface area contributed by atoms with Crippen molar-refractivity contribution >= 4 is 29.2 Å². The van der Waals surface area contributed by atoms with Crippen LogP contribution in [0.5, 0.6) is 11.5 Å². The molecule has 0 unspecified atom stereocenters. The molecule has 0 fully saturated rings. The molecule has 0 spiro atoms. The summed E-state index contributed by atoms with van der Waals surface area (Å²) in [5.74, 6) is 0.883. The first-order valence-corrected chi connectivity index (χ1v) is 9.60. The van der Waals surface area contributed by atoms with Gasteiger partial charge in [-0.2, -0.15) is 0 Å². The Morgan fingerprint density at radius 3 is 2.50 bits per heavy atom. The minimum Gasteiger partial charge on any atom is -0.493 e. The summed E-state index contributed by atoms with van der Waals surface area (Å²) < 4.78 is 11.3. The van der Waals surface area contributed by atoms with E-state index in [-0.39, 0.29) is 12.3 Å². The number of rotatable bonds is 7. The van der Waals surface area contributed by atoms with Crippen LogP contribution in [-0.4, -0.2) is 18.2 Å². The lowest BCUT2D eigenvalue weighted by Gasteiger charge is -2.13. The second-order valence-electron chi connectivity index (χ2n) is 6.79. The van der Waals surface area contributed by atoms with Gasteiger partial charge in [0.2, 0.25) is 0 Å². The topological polar surface area (TPSA) is 74.0 Å². The maximum absolute atomic E-state index is 10.8. The molecule has 3 rings (SSSR count). The standard InChI is InChI=1S/C23H21ClN2O4/c1-15-4-5-16(2)21(10-15)25-13-18-11-20(24)23(22(12-18)29-3)30-14-17-6-8-19(9-7-17)26(27)28/h4-13H,14H2,1-3H3. The molecule has 0 saturated carbocycles. The molecule has 0 N–H and O–H groups in total. The van der Waals surface area contributed by atoms with Crippen molar-refractivity contribution in [3.63, 3.8) is 0 Å². The normalized spacial score (nSPS) is 10.9. The average molecular weight is 425 g/mol. The molecule has 3 aromatic carbocycles. The summed E-state index contributed by atoms with van der Waals surface area (Å²) in [6, 6.07) is 15.8. The molecule has 154 valence electrons. The van der Waals surface area contributed by atoms with Gasteiger partial charge in [-0.25, -0.2) is 0 Å². The molecule has 0 aliphatic heterocycles. The lowest BCUT2D eigenvalue weighted by Crippen LogP contribution is -2.00. The number of non-ortho nitro benzene ring substituents is 1. The van der Waals surface area contributed by atoms with E-state index in [0.717, 1.165) is 27.9 Å². The predicted molar refractivity (Wildman–Crippen MR) is 119 cm³/mol. The maximum Gasteiger partial charge on any atom is 0.269 e. The molecule has 7 heteroatoms. The summed E-state index contributed by atoms with van der Waals surface area (Å²) in [6.07, 6.45) is 1.73. The van der Waals surface area contributed by atoms with E-state index in [4.69, 9.17) is 21.1 Å². The van der Waals surface area contributed by atoms with Crippen molar-refractivity contribution in [1.82, 2.24) is 0 Å². The highest BCUT2D eigenvalue weighted by Crippen LogP contribution is 2.37. The first-order valence-electron chi connectivity index (χ1n) is 9.22. The van der Waals surface area contributed by atoms with Gasteiger partial charge in [-0.3, -0.25) is 15.1 Å². The molecule has 0 aliphatic carbocycles. The van der Waals surface area contributed by atoms with Crippen LogP contribution in [0.2, 0.25) is 5.02 Å². The SMILES string of the molecule is COc1cc(C=Nc2cc(C)ccc2C)cc(Cl)c1OCc1ccc([N+](=O)[O-])cc1. The predicted octanol–water partition coefficient (Wildman–Crippen LogP) is 6.20. The Balaban J connectivity index is 1.79. The fourth-order valence-electron chi connectivity index (χ4n) is 2.83. The minimum atomic E-state index is -0.441. The first kappa shape index (κ1) is 21.3. The van der Waals surface area contributed by atoms with Crippen LogP contribution in [0.25, 0.3) is 0 Å². The summed E-state index contributed by atoms with van der Waals surface area (Å²) in [6.45, 7) is 4.23. The van der Waals surface area contributed by atoms with E-state index in [0.29, 0.717) is 16.5 Å². The third kappa shape index (κ3) is 5.15. The second-order valence-corrected chi connectivity index (χ2v) is 7.20. The number of nitrogens with zero attached hydrogens (tertiary/aromatic N) is 2. The zero-order valence-electron chi connectivity index (χ0n) is 16.9. The minimum absolute atomic E-state index is 0.0295. The molecule has 0 aliphatic rings. The average Bonchev–Trinajstić information content (AvgIpc) is 2.73. The summed E-state index contributed by atoms with van der Waals surface area (Å²) in [4.78, 5) is 14.9. The molecule has 6 nitrogen and oxygen atoms in total. The Labute approximate surface area is 179 Å². The van der Waals surface area contributed by atoms with Gasteiger partial charge in [-0.05, 0) is 66.4 Å². The van der Waals surface area contributed by atoms with Crippen LogP contribution in [0.3, 0.4) is 0 Å². The van der Waals surface area contributed by atoms with Crippen molar-refractivity contribution in [3.8, 4) is 11.5 Å². The van der Waals surface area contributed by atoms with Crippen LogP contribution in [0.4, 0.5) is 11.4 Å². The van der Waals surface area contributed by atoms with E-state index in [1.807, 2.05) is 32.0 Å². The summed E-state index contributed by atoms with van der Waals surface area (Å²) in [5.41, 5.74) is 4.70. The van der Waals surface area contributed by atoms with Crippen molar-refractivity contribution in [1.29, 1.82) is 0 Å². The van der Waals surface area contributed by atoms with Crippen LogP contribution >= 0.6 is 11.6 Å². The number of nitro benzene ring substituents is 1. The quantitative estimate of drug-likeness (QED) is 0.257. The highest BCUT2D eigenvalue weighted by Gasteiger charge is 2.13. The summed E-state index contributed by atoms with van der Waals surface area (Å²) in [5, 5.41) is 11.1. The Kier molecular flexibility index (Phi) is 6.69. The Hall–Kier alpha value is -3.38. The van der Waals surface area contributed by atoms with Crippen LogP contribution in [0.1, 0.15) is 22.3 Å². The number of methoxy groups -OCH3 is 1. The van der Waals surface area contributed by atoms with Crippen LogP contribution in [0.15, 0.2) is 59.6 Å². The van der Waals surface area contributed by atoms with Gasteiger partial charge in [-0.1, -0.05) is 23.7 Å². The molecule has 3 aromatic rings. The summed E-state index contributed by atoms with van der Waals surface area (Å²) in [7, 11) is 1.54. The number of halogens is 1. The van der Waals surface area contributed by atoms with Gasteiger partial charge in [0.25, 0.3) is 5.69 Å². The van der Waals surface area contributed by atoms with Crippen molar-refractivity contribution in [3.05, 3.63) is 92.0 Å². The highest BCUT2D eigenvalue weighted by atomic mass is 35.5. The molecule has 0 atom stereocenters. The lowest BCUT2D eigenvalue weighted by molar-refractivity contribution is -0.384. The molecule has 0 amide bonds. The molecular formula is C23H21ClN2O4. The summed E-state index contributed by atoms with van der Waals surface area (Å²) >= 11 is 6.43. The van der Waals surface area contributed by atoms with E-state index in [1.54, 1.807) is 30.5 Å². The molecule has 0 saturated heterocycles. The third-order valence-electron chi connectivity index (χ3n) is 4.50. The Morgan fingerprint density at radius 2 is 1.83 bits per heavy atom. The van der Waals surface area contributed by atoms with Crippen LogP contribution < -0.4 is 9.47 Å². The smallest absolute Gasteiger partial charge is 0.269 e. The van der Waals surface area contributed by atoms with Crippen LogP contribution in [-0.2, 0) is 6.61 Å². The Morgan fingerprint density at radius 1 is 1.10 bits per heavy atom. The number of hydrogen-bond acceptors (Lipinski definition) is 5. The number of aryl methyl sites for hydroxylation is 2. The van der Waals surface area contributed by atoms with E-state index in [2.05, 4.69) is 4.99 Å². The van der Waals surface area contributed by atoms with E-state index >= 15 is 0 Å². The molecular weight excluding hydrogens is 404 g/mol. The van der Waals surface area contributed by atoms with E-state index in [9.17, 15) is 10.1 Å². The largest absolute Gasteiger partial charge is 0.493 e. The first-order chi connectivity index (χ1) is 14.4. The molecule has 0 bridgehead atoms. The van der Waals surface area contributed by atoms with Crippen molar-refractivity contribution in [2.75, 3.05) is 7.11 Å². The van der Waals surface area contributed by atoms with Gasteiger partial charge in [0, 0.05) is 18.3 Å². The van der Waals surface area contributed by atoms with E-state index in [1.165, 1.54) is 19.2 Å². The van der Waals surface area contributed by atoms with E-state index < -0.39 is 4.92 Å². The maximum atomic E-state index is 10.8. The van der Waals surface area contributed by atoms with Crippen molar-refractivity contribution in [2.24, 2.45) is 4.99 Å². The fraction of sp³-hybridized carbons (Fsp3) is 0.174. The van der Waals surface area contributed by atoms with Crippen molar-refractivity contribution < 1.29 is 14.4 Å². The van der Waals surface area contributed by atoms with Crippen molar-refractivity contribution in [2.45, 2.75) is 20.5 Å². The van der Waals surface area contributed by atoms with Gasteiger partial charge in [-0.15, -0.1) is 0 Å². The van der Waals surface area contributed by atoms with Gasteiger partial charge in [0.15, 0.2) is 11.5 Å². The van der Waals surface area contributed by atoms with Gasteiger partial charge in [0.1, 0.15) is 6.61 Å². The number of ether oxygens (including phenoxy) is 2. The highest BCUT2D eigenvalue weighted by molar-refractivity contribution is 6.32. The number of nitro groups is 1. The molecule has 0 aromatic heterocycles. The second kappa shape index (κ2) is 9.41. The zero-order valence-corrected chi connectivity index (χ0v) is 17.6. The number of benzene rings is 3. The fourth-order valence-corrected chi connectivity index (χ4v) is 3.10.